The summed E-state index contributed by atoms with van der Waals surface area (Å²) in [6.07, 6.45) is 10.7. The molecule has 2 aliphatic carbocycles. The molecule has 28 heavy (non-hydrogen) atoms. The van der Waals surface area contributed by atoms with Crippen molar-refractivity contribution in [2.45, 2.75) is 57.8 Å². The number of amides is 1. The van der Waals surface area contributed by atoms with Gasteiger partial charge in [0.1, 0.15) is 0 Å². The number of nitrogens with zero attached hydrogens (tertiary/aromatic N) is 3. The Morgan fingerprint density at radius 1 is 1.00 bits per heavy atom. The Balaban J connectivity index is 1.37. The van der Waals surface area contributed by atoms with Gasteiger partial charge in [0.15, 0.2) is 0 Å². The fraction of sp³-hybridized carbons (Fsp3) is 0.667. The van der Waals surface area contributed by atoms with Gasteiger partial charge in [0, 0.05) is 32.7 Å². The van der Waals surface area contributed by atoms with Crippen LogP contribution in [0.1, 0.15) is 62.5 Å². The Morgan fingerprint density at radius 3 is 2.25 bits per heavy atom. The summed E-state index contributed by atoms with van der Waals surface area (Å²) in [4.78, 5) is 18.3. The van der Waals surface area contributed by atoms with Crippen molar-refractivity contribution in [2.75, 3.05) is 32.7 Å². The molecule has 0 atom stereocenters. The van der Waals surface area contributed by atoms with Gasteiger partial charge in [-0.3, -0.25) is 9.69 Å². The predicted octanol–water partition coefficient (Wildman–Crippen LogP) is 4.00. The van der Waals surface area contributed by atoms with Crippen LogP contribution >= 0.6 is 0 Å². The van der Waals surface area contributed by atoms with E-state index < -0.39 is 0 Å². The molecular weight excluding hydrogens is 346 g/mol. The minimum absolute atomic E-state index is 0.220. The first kappa shape index (κ1) is 19.5. The monoisotopic (exact) mass is 379 g/mol. The van der Waals surface area contributed by atoms with Gasteiger partial charge in [0.2, 0.25) is 5.91 Å². The third-order valence-corrected chi connectivity index (χ3v) is 7.29. The molecule has 1 heterocycles. The Morgan fingerprint density at radius 2 is 1.64 bits per heavy atom. The molecule has 4 heteroatoms. The molecule has 0 unspecified atom stereocenters. The maximum atomic E-state index is 13.6. The molecule has 1 aromatic carbocycles. The second kappa shape index (κ2) is 8.66. The predicted molar refractivity (Wildman–Crippen MR) is 111 cm³/mol. The van der Waals surface area contributed by atoms with Crippen LogP contribution < -0.4 is 0 Å². The quantitative estimate of drug-likeness (QED) is 0.777. The van der Waals surface area contributed by atoms with Gasteiger partial charge in [0.05, 0.1) is 17.0 Å². The Bertz CT molecular complexity index is 700. The van der Waals surface area contributed by atoms with E-state index in [-0.39, 0.29) is 5.41 Å². The first-order valence-corrected chi connectivity index (χ1v) is 11.2. The molecule has 1 aliphatic heterocycles. The number of rotatable bonds is 5. The summed E-state index contributed by atoms with van der Waals surface area (Å²) in [6, 6.07) is 10.0. The summed E-state index contributed by atoms with van der Waals surface area (Å²) >= 11 is 0. The summed E-state index contributed by atoms with van der Waals surface area (Å²) in [5.74, 6) is 1.27. The van der Waals surface area contributed by atoms with Gasteiger partial charge in [-0.05, 0) is 55.7 Å². The summed E-state index contributed by atoms with van der Waals surface area (Å²) in [5, 5.41) is 9.02. The summed E-state index contributed by atoms with van der Waals surface area (Å²) in [5.41, 5.74) is 1.66. The van der Waals surface area contributed by atoms with Crippen molar-refractivity contribution in [1.82, 2.24) is 9.80 Å². The van der Waals surface area contributed by atoms with Gasteiger partial charge < -0.3 is 4.90 Å². The average Bonchev–Trinajstić information content (AvgIpc) is 3.41. The normalized spacial score (nSPS) is 23.0. The Kier molecular flexibility index (Phi) is 6.01. The van der Waals surface area contributed by atoms with Gasteiger partial charge >= 0.3 is 0 Å². The third-order valence-electron chi connectivity index (χ3n) is 7.29. The van der Waals surface area contributed by atoms with Crippen LogP contribution in [0.2, 0.25) is 0 Å². The second-order valence-corrected chi connectivity index (χ2v) is 9.22. The van der Waals surface area contributed by atoms with Gasteiger partial charge in [-0.1, -0.05) is 37.8 Å². The molecule has 0 N–H and O–H groups in total. The molecule has 0 radical (unpaired) electrons. The van der Waals surface area contributed by atoms with Crippen molar-refractivity contribution in [3.8, 4) is 6.07 Å². The molecule has 1 amide bonds. The average molecular weight is 380 g/mol. The SMILES string of the molecule is N#Cc1ccc(CC2(C(=O)N3CCN(CC4CCCC4)CC3)CCCC2)cc1. The summed E-state index contributed by atoms with van der Waals surface area (Å²) in [6.45, 7) is 5.09. The fourth-order valence-corrected chi connectivity index (χ4v) is 5.63. The molecule has 3 aliphatic rings. The van der Waals surface area contributed by atoms with Gasteiger partial charge in [0.25, 0.3) is 0 Å². The first-order chi connectivity index (χ1) is 13.7. The lowest BCUT2D eigenvalue weighted by molar-refractivity contribution is -0.143. The highest BCUT2D eigenvalue weighted by Gasteiger charge is 2.44. The van der Waals surface area contributed by atoms with E-state index in [1.165, 1.54) is 37.8 Å². The molecule has 4 rings (SSSR count). The number of hydrogen-bond acceptors (Lipinski definition) is 3. The van der Waals surface area contributed by atoms with Crippen LogP contribution in [0.3, 0.4) is 0 Å². The highest BCUT2D eigenvalue weighted by Crippen LogP contribution is 2.43. The van der Waals surface area contributed by atoms with E-state index in [2.05, 4.69) is 15.9 Å². The molecule has 150 valence electrons. The van der Waals surface area contributed by atoms with Crippen LogP contribution in [0.4, 0.5) is 0 Å². The summed E-state index contributed by atoms with van der Waals surface area (Å²) in [7, 11) is 0. The lowest BCUT2D eigenvalue weighted by Crippen LogP contribution is -2.53. The lowest BCUT2D eigenvalue weighted by atomic mass is 9.78. The maximum Gasteiger partial charge on any atom is 0.229 e. The molecule has 1 saturated heterocycles. The van der Waals surface area contributed by atoms with Crippen molar-refractivity contribution < 1.29 is 4.79 Å². The molecule has 4 nitrogen and oxygen atoms in total. The molecule has 3 fully saturated rings. The Labute approximate surface area is 169 Å². The first-order valence-electron chi connectivity index (χ1n) is 11.2. The molecule has 1 aromatic rings. The smallest absolute Gasteiger partial charge is 0.229 e. The minimum Gasteiger partial charge on any atom is -0.340 e. The number of nitriles is 1. The van der Waals surface area contributed by atoms with Gasteiger partial charge in [-0.2, -0.15) is 5.26 Å². The van der Waals surface area contributed by atoms with E-state index in [1.807, 2.05) is 24.3 Å². The van der Waals surface area contributed by atoms with Crippen LogP contribution in [-0.2, 0) is 11.2 Å². The minimum atomic E-state index is -0.220. The van der Waals surface area contributed by atoms with Crippen molar-refractivity contribution in [1.29, 1.82) is 5.26 Å². The van der Waals surface area contributed by atoms with Crippen molar-refractivity contribution in [3.05, 3.63) is 35.4 Å². The molecular formula is C24H33N3O. The molecule has 0 bridgehead atoms. The topological polar surface area (TPSA) is 47.3 Å². The van der Waals surface area contributed by atoms with Gasteiger partial charge in [-0.25, -0.2) is 0 Å². The zero-order valence-electron chi connectivity index (χ0n) is 17.0. The standard InChI is InChI=1S/C24H33N3O/c25-18-21-9-7-20(8-10-21)17-24(11-3-4-12-24)23(28)27-15-13-26(14-16-27)19-22-5-1-2-6-22/h7-10,22H,1-6,11-17,19H2. The van der Waals surface area contributed by atoms with Crippen LogP contribution in [0.25, 0.3) is 0 Å². The third kappa shape index (κ3) is 4.25. The molecule has 0 spiro atoms. The number of benzene rings is 1. The number of piperazine rings is 1. The van der Waals surface area contributed by atoms with Crippen molar-refractivity contribution in [3.63, 3.8) is 0 Å². The van der Waals surface area contributed by atoms with E-state index in [1.54, 1.807) is 0 Å². The Hall–Kier alpha value is -1.86. The highest BCUT2D eigenvalue weighted by molar-refractivity contribution is 5.83. The summed E-state index contributed by atoms with van der Waals surface area (Å²) < 4.78 is 0. The zero-order valence-corrected chi connectivity index (χ0v) is 17.0. The largest absolute Gasteiger partial charge is 0.340 e. The number of carbonyl (C=O) groups excluding carboxylic acids is 1. The zero-order chi connectivity index (χ0) is 19.4. The van der Waals surface area contributed by atoms with E-state index >= 15 is 0 Å². The van der Waals surface area contributed by atoms with Crippen molar-refractivity contribution >= 4 is 5.91 Å². The van der Waals surface area contributed by atoms with Crippen LogP contribution in [0.5, 0.6) is 0 Å². The van der Waals surface area contributed by atoms with Crippen LogP contribution in [0.15, 0.2) is 24.3 Å². The number of carbonyl (C=O) groups is 1. The van der Waals surface area contributed by atoms with Crippen LogP contribution in [0, 0.1) is 22.7 Å². The van der Waals surface area contributed by atoms with E-state index in [0.29, 0.717) is 11.5 Å². The van der Waals surface area contributed by atoms with Crippen molar-refractivity contribution in [2.24, 2.45) is 11.3 Å². The van der Waals surface area contributed by atoms with E-state index in [0.717, 1.165) is 64.2 Å². The van der Waals surface area contributed by atoms with E-state index in [4.69, 9.17) is 5.26 Å². The molecule has 0 aromatic heterocycles. The fourth-order valence-electron chi connectivity index (χ4n) is 5.63. The second-order valence-electron chi connectivity index (χ2n) is 9.22. The van der Waals surface area contributed by atoms with Crippen LogP contribution in [-0.4, -0.2) is 48.4 Å². The molecule has 2 saturated carbocycles. The number of hydrogen-bond donors (Lipinski definition) is 0. The van der Waals surface area contributed by atoms with E-state index in [9.17, 15) is 4.79 Å². The highest BCUT2D eigenvalue weighted by atomic mass is 16.2. The van der Waals surface area contributed by atoms with Gasteiger partial charge in [-0.15, -0.1) is 0 Å². The lowest BCUT2D eigenvalue weighted by Gasteiger charge is -2.40. The maximum absolute atomic E-state index is 13.6.